The Morgan fingerprint density at radius 1 is 1.23 bits per heavy atom. The first-order chi connectivity index (χ1) is 16.8. The van der Waals surface area contributed by atoms with Crippen LogP contribution in [0, 0.1) is 11.3 Å². The van der Waals surface area contributed by atoms with Crippen LogP contribution in [-0.2, 0) is 0 Å². The van der Waals surface area contributed by atoms with Gasteiger partial charge in [-0.15, -0.1) is 0 Å². The van der Waals surface area contributed by atoms with Crippen LogP contribution in [0.4, 0.5) is 10.1 Å². The minimum absolute atomic E-state index is 0.166. The molecule has 2 saturated heterocycles. The van der Waals surface area contributed by atoms with Crippen molar-refractivity contribution in [1.82, 2.24) is 14.8 Å². The van der Waals surface area contributed by atoms with Gasteiger partial charge in [-0.1, -0.05) is 0 Å². The number of aliphatic hydroxyl groups is 1. The van der Waals surface area contributed by atoms with Crippen molar-refractivity contribution in [2.45, 2.75) is 38.0 Å². The van der Waals surface area contributed by atoms with Gasteiger partial charge in [-0.25, -0.2) is 4.39 Å². The molecule has 0 spiro atoms. The number of nitriles is 1. The summed E-state index contributed by atoms with van der Waals surface area (Å²) in [5.74, 6) is -0.166. The molecule has 4 heterocycles. The molecule has 180 valence electrons. The van der Waals surface area contributed by atoms with Crippen LogP contribution in [-0.4, -0.2) is 70.3 Å². The van der Waals surface area contributed by atoms with Gasteiger partial charge in [0, 0.05) is 61.6 Å². The van der Waals surface area contributed by atoms with E-state index in [1.807, 2.05) is 35.2 Å². The third-order valence-corrected chi connectivity index (χ3v) is 7.98. The number of hydrogen-bond acceptors (Lipinski definition) is 7. The van der Waals surface area contributed by atoms with E-state index in [4.69, 9.17) is 5.73 Å². The lowest BCUT2D eigenvalue weighted by Gasteiger charge is -2.42. The first kappa shape index (κ1) is 22.1. The molecule has 0 unspecified atom stereocenters. The molecule has 3 N–H and O–H groups in total. The number of anilines is 1. The van der Waals surface area contributed by atoms with Crippen LogP contribution < -0.4 is 10.6 Å². The SMILES string of the molecule is C[C@@H]1CN(c2ccc(C#N)c3ncccc23)CC2=C3CC(F)=C(N4C[C@H](N)[C@@](C)(O)C4)C=C3CN21. The summed E-state index contributed by atoms with van der Waals surface area (Å²) in [5.41, 5.74) is 11.3. The van der Waals surface area contributed by atoms with Crippen molar-refractivity contribution in [1.29, 1.82) is 5.26 Å². The molecule has 2 fully saturated rings. The number of fused-ring (bicyclic) bond motifs is 3. The molecule has 8 heteroatoms. The third kappa shape index (κ3) is 3.41. The van der Waals surface area contributed by atoms with E-state index in [-0.39, 0.29) is 18.3 Å². The van der Waals surface area contributed by atoms with Crippen molar-refractivity contribution < 1.29 is 9.50 Å². The molecule has 1 aromatic heterocycles. The zero-order chi connectivity index (χ0) is 24.5. The number of hydrogen-bond donors (Lipinski definition) is 2. The van der Waals surface area contributed by atoms with Gasteiger partial charge in [-0.2, -0.15) is 5.26 Å². The number of nitrogens with zero attached hydrogens (tertiary/aromatic N) is 5. The fraction of sp³-hybridized carbons (Fsp3) is 0.407. The van der Waals surface area contributed by atoms with E-state index >= 15 is 4.39 Å². The fourth-order valence-corrected chi connectivity index (χ4v) is 6.00. The second-order valence-corrected chi connectivity index (χ2v) is 10.4. The highest BCUT2D eigenvalue weighted by atomic mass is 19.1. The number of halogens is 1. The fourth-order valence-electron chi connectivity index (χ4n) is 6.00. The summed E-state index contributed by atoms with van der Waals surface area (Å²) in [7, 11) is 0. The van der Waals surface area contributed by atoms with E-state index in [1.165, 1.54) is 0 Å². The lowest BCUT2D eigenvalue weighted by Crippen LogP contribution is -2.49. The molecule has 7 nitrogen and oxygen atoms in total. The second kappa shape index (κ2) is 7.80. The van der Waals surface area contributed by atoms with Gasteiger partial charge in [0.2, 0.25) is 0 Å². The minimum atomic E-state index is -1.02. The van der Waals surface area contributed by atoms with Gasteiger partial charge in [-0.3, -0.25) is 4.98 Å². The van der Waals surface area contributed by atoms with Gasteiger partial charge >= 0.3 is 0 Å². The van der Waals surface area contributed by atoms with Crippen LogP contribution in [0.3, 0.4) is 0 Å². The monoisotopic (exact) mass is 472 g/mol. The van der Waals surface area contributed by atoms with Crippen LogP contribution in [0.5, 0.6) is 0 Å². The van der Waals surface area contributed by atoms with Crippen LogP contribution in [0.25, 0.3) is 10.9 Å². The van der Waals surface area contributed by atoms with Crippen LogP contribution in [0.15, 0.2) is 64.9 Å². The van der Waals surface area contributed by atoms with Crippen molar-refractivity contribution in [2.24, 2.45) is 5.73 Å². The zero-order valence-corrected chi connectivity index (χ0v) is 20.0. The van der Waals surface area contributed by atoms with Crippen molar-refractivity contribution in [3.05, 3.63) is 70.5 Å². The van der Waals surface area contributed by atoms with E-state index < -0.39 is 11.6 Å². The number of likely N-dealkylation sites (tertiary alicyclic amines) is 1. The van der Waals surface area contributed by atoms with Crippen molar-refractivity contribution in [3.8, 4) is 6.07 Å². The van der Waals surface area contributed by atoms with E-state index in [9.17, 15) is 10.4 Å². The van der Waals surface area contributed by atoms with Gasteiger partial charge in [0.15, 0.2) is 0 Å². The largest absolute Gasteiger partial charge is 0.387 e. The predicted molar refractivity (Wildman–Crippen MR) is 133 cm³/mol. The van der Waals surface area contributed by atoms with Gasteiger partial charge in [0.05, 0.1) is 35.0 Å². The molecule has 0 radical (unpaired) electrons. The highest BCUT2D eigenvalue weighted by Crippen LogP contribution is 2.43. The molecule has 0 bridgehead atoms. The number of β-amino-alcohol motifs (C(OH)–C–C–N with tert-alkyl or cyclic N) is 1. The van der Waals surface area contributed by atoms with Crippen LogP contribution >= 0.6 is 0 Å². The topological polar surface area (TPSA) is 92.7 Å². The van der Waals surface area contributed by atoms with E-state index in [1.54, 1.807) is 13.1 Å². The number of piperazine rings is 1. The summed E-state index contributed by atoms with van der Waals surface area (Å²) >= 11 is 0. The lowest BCUT2D eigenvalue weighted by molar-refractivity contribution is 0.0589. The molecular formula is C27H29FN6O. The Morgan fingerprint density at radius 3 is 2.80 bits per heavy atom. The van der Waals surface area contributed by atoms with Gasteiger partial charge in [-0.05, 0) is 55.3 Å². The maximum Gasteiger partial charge on any atom is 0.128 e. The number of pyridine rings is 1. The standard InChI is InChI=1S/C27H29FN6O/c1-16-11-32(22-6-5-17(10-29)26-19(22)4-3-7-31-26)13-24-20-9-21(28)23(8-18(20)12-34(16)24)33-14-25(30)27(2,35)15-33/h3-8,16,25,35H,9,11-15,30H2,1-2H3/t16-,25+,27+/m1/s1. The molecule has 0 saturated carbocycles. The summed E-state index contributed by atoms with van der Waals surface area (Å²) in [4.78, 5) is 11.1. The molecule has 4 aliphatic rings. The average Bonchev–Trinajstić information content (AvgIpc) is 3.33. The maximum atomic E-state index is 15.5. The number of nitrogens with two attached hydrogens (primary N) is 1. The molecular weight excluding hydrogens is 443 g/mol. The molecule has 1 aliphatic carbocycles. The summed E-state index contributed by atoms with van der Waals surface area (Å²) < 4.78 is 15.5. The molecule has 6 rings (SSSR count). The Bertz CT molecular complexity index is 1370. The molecule has 1 aromatic carbocycles. The normalized spacial score (nSPS) is 28.5. The van der Waals surface area contributed by atoms with Gasteiger partial charge in [0.25, 0.3) is 0 Å². The Balaban J connectivity index is 1.34. The first-order valence-electron chi connectivity index (χ1n) is 12.1. The Morgan fingerprint density at radius 2 is 2.06 bits per heavy atom. The number of rotatable bonds is 2. The molecule has 3 aliphatic heterocycles. The summed E-state index contributed by atoms with van der Waals surface area (Å²) in [6.45, 7) is 6.97. The first-order valence-corrected chi connectivity index (χ1v) is 12.1. The Labute approximate surface area is 204 Å². The number of benzene rings is 1. The highest BCUT2D eigenvalue weighted by Gasteiger charge is 2.43. The Kier molecular flexibility index (Phi) is 4.92. The van der Waals surface area contributed by atoms with E-state index in [0.29, 0.717) is 36.4 Å². The third-order valence-electron chi connectivity index (χ3n) is 7.98. The lowest BCUT2D eigenvalue weighted by atomic mass is 9.95. The Hall–Kier alpha value is -3.41. The summed E-state index contributed by atoms with van der Waals surface area (Å²) in [6.07, 6.45) is 3.94. The number of aromatic nitrogens is 1. The van der Waals surface area contributed by atoms with E-state index in [2.05, 4.69) is 27.8 Å². The second-order valence-electron chi connectivity index (χ2n) is 10.4. The minimum Gasteiger partial charge on any atom is -0.387 e. The van der Waals surface area contributed by atoms with Crippen LogP contribution in [0.2, 0.25) is 0 Å². The molecule has 35 heavy (non-hydrogen) atoms. The summed E-state index contributed by atoms with van der Waals surface area (Å²) in [6, 6.07) is 9.84. The van der Waals surface area contributed by atoms with Gasteiger partial charge < -0.3 is 25.5 Å². The highest BCUT2D eigenvalue weighted by molar-refractivity contribution is 5.95. The predicted octanol–water partition coefficient (Wildman–Crippen LogP) is 2.79. The van der Waals surface area contributed by atoms with E-state index in [0.717, 1.165) is 41.0 Å². The number of allylic oxidation sites excluding steroid dienone is 2. The van der Waals surface area contributed by atoms with Gasteiger partial charge in [0.1, 0.15) is 11.9 Å². The maximum absolute atomic E-state index is 15.5. The van der Waals surface area contributed by atoms with Crippen molar-refractivity contribution in [2.75, 3.05) is 37.6 Å². The molecule has 3 atom stereocenters. The zero-order valence-electron chi connectivity index (χ0n) is 20.0. The summed E-state index contributed by atoms with van der Waals surface area (Å²) in [5, 5.41) is 21.0. The van der Waals surface area contributed by atoms with Crippen molar-refractivity contribution in [3.63, 3.8) is 0 Å². The smallest absolute Gasteiger partial charge is 0.128 e. The van der Waals surface area contributed by atoms with Crippen LogP contribution in [0.1, 0.15) is 25.8 Å². The average molecular weight is 473 g/mol. The van der Waals surface area contributed by atoms with Crippen molar-refractivity contribution >= 4 is 16.6 Å². The molecule has 2 aromatic rings. The molecule has 0 amide bonds. The quantitative estimate of drug-likeness (QED) is 0.694.